The van der Waals surface area contributed by atoms with Gasteiger partial charge in [0.25, 0.3) is 0 Å². The van der Waals surface area contributed by atoms with E-state index in [0.29, 0.717) is 10.0 Å². The standard InChI is InChI=1S/C12H10Cl2N2.ClH/c13-6-4-8-11(15)7-2-1-3-10(7)16-12(8)9(14)5-6;/h4-5H,1-3H2,(H2,15,16);1H. The summed E-state index contributed by atoms with van der Waals surface area (Å²) in [4.78, 5) is 4.59. The number of halogens is 3. The van der Waals surface area contributed by atoms with Gasteiger partial charge in [-0.25, -0.2) is 0 Å². The number of anilines is 1. The SMILES string of the molecule is Cl.Nc1c2c(nc3c(Cl)cc(Cl)cc13)CCC2. The maximum atomic E-state index is 6.15. The van der Waals surface area contributed by atoms with Crippen LogP contribution in [0.4, 0.5) is 5.69 Å². The Balaban J connectivity index is 0.00000108. The molecular weight excluding hydrogens is 279 g/mol. The van der Waals surface area contributed by atoms with Crippen molar-refractivity contribution in [1.82, 2.24) is 4.98 Å². The third kappa shape index (κ3) is 1.95. The first-order valence-corrected chi connectivity index (χ1v) is 5.98. The number of nitrogen functional groups attached to an aromatic ring is 1. The summed E-state index contributed by atoms with van der Waals surface area (Å²) < 4.78 is 0. The number of benzene rings is 1. The van der Waals surface area contributed by atoms with E-state index in [9.17, 15) is 0 Å². The minimum atomic E-state index is 0. The second-order valence-electron chi connectivity index (χ2n) is 4.09. The third-order valence-electron chi connectivity index (χ3n) is 3.08. The van der Waals surface area contributed by atoms with Gasteiger partial charge in [0.05, 0.1) is 10.5 Å². The van der Waals surface area contributed by atoms with Gasteiger partial charge in [0, 0.05) is 21.8 Å². The van der Waals surface area contributed by atoms with E-state index in [0.717, 1.165) is 41.5 Å². The van der Waals surface area contributed by atoms with Gasteiger partial charge >= 0.3 is 0 Å². The van der Waals surface area contributed by atoms with Gasteiger partial charge in [-0.05, 0) is 37.0 Å². The van der Waals surface area contributed by atoms with Gasteiger partial charge in [-0.3, -0.25) is 4.98 Å². The predicted octanol–water partition coefficient (Wildman–Crippen LogP) is 4.03. The Morgan fingerprint density at radius 1 is 1.18 bits per heavy atom. The summed E-state index contributed by atoms with van der Waals surface area (Å²) in [7, 11) is 0. The summed E-state index contributed by atoms with van der Waals surface area (Å²) >= 11 is 12.1. The van der Waals surface area contributed by atoms with Gasteiger partial charge in [-0.2, -0.15) is 0 Å². The molecule has 2 nitrogen and oxygen atoms in total. The number of aryl methyl sites for hydroxylation is 1. The molecular formula is C12H11Cl3N2. The fourth-order valence-corrected chi connectivity index (χ4v) is 2.86. The lowest BCUT2D eigenvalue weighted by Gasteiger charge is -2.09. The molecule has 1 aliphatic carbocycles. The Labute approximate surface area is 116 Å². The summed E-state index contributed by atoms with van der Waals surface area (Å²) in [6.45, 7) is 0. The molecule has 0 unspecified atom stereocenters. The molecule has 0 atom stereocenters. The molecule has 2 aromatic rings. The molecule has 0 saturated carbocycles. The molecule has 0 fully saturated rings. The summed E-state index contributed by atoms with van der Waals surface area (Å²) in [6, 6.07) is 3.54. The van der Waals surface area contributed by atoms with Crippen molar-refractivity contribution in [2.45, 2.75) is 19.3 Å². The molecule has 1 aromatic heterocycles. The number of rotatable bonds is 0. The van der Waals surface area contributed by atoms with Crippen LogP contribution < -0.4 is 5.73 Å². The fourth-order valence-electron chi connectivity index (χ4n) is 2.32. The molecule has 0 aliphatic heterocycles. The largest absolute Gasteiger partial charge is 0.398 e. The van der Waals surface area contributed by atoms with Gasteiger partial charge in [0.2, 0.25) is 0 Å². The normalized spacial score (nSPS) is 13.5. The van der Waals surface area contributed by atoms with Crippen molar-refractivity contribution in [3.05, 3.63) is 33.4 Å². The highest BCUT2D eigenvalue weighted by Gasteiger charge is 2.19. The molecule has 0 saturated heterocycles. The average molecular weight is 290 g/mol. The van der Waals surface area contributed by atoms with E-state index in [-0.39, 0.29) is 12.4 Å². The molecule has 0 bridgehead atoms. The number of nitrogens with two attached hydrogens (primary N) is 1. The Bertz CT molecular complexity index is 596. The van der Waals surface area contributed by atoms with E-state index in [1.807, 2.05) is 6.07 Å². The lowest BCUT2D eigenvalue weighted by molar-refractivity contribution is 0.901. The highest BCUT2D eigenvalue weighted by molar-refractivity contribution is 6.38. The van der Waals surface area contributed by atoms with E-state index < -0.39 is 0 Å². The first-order valence-electron chi connectivity index (χ1n) is 5.23. The molecule has 2 N–H and O–H groups in total. The van der Waals surface area contributed by atoms with E-state index in [1.54, 1.807) is 6.07 Å². The molecule has 1 aromatic carbocycles. The predicted molar refractivity (Wildman–Crippen MR) is 75.4 cm³/mol. The molecule has 0 radical (unpaired) electrons. The van der Waals surface area contributed by atoms with Gasteiger partial charge in [-0.1, -0.05) is 23.2 Å². The van der Waals surface area contributed by atoms with Gasteiger partial charge in [0.15, 0.2) is 0 Å². The van der Waals surface area contributed by atoms with Crippen molar-refractivity contribution in [2.24, 2.45) is 0 Å². The lowest BCUT2D eigenvalue weighted by Crippen LogP contribution is -1.98. The smallest absolute Gasteiger partial charge is 0.0913 e. The van der Waals surface area contributed by atoms with Crippen LogP contribution in [0.25, 0.3) is 10.9 Å². The summed E-state index contributed by atoms with van der Waals surface area (Å²) in [5.41, 5.74) is 9.98. The topological polar surface area (TPSA) is 38.9 Å². The van der Waals surface area contributed by atoms with E-state index in [1.165, 1.54) is 5.56 Å². The molecule has 5 heteroatoms. The first-order chi connectivity index (χ1) is 7.66. The summed E-state index contributed by atoms with van der Waals surface area (Å²) in [5.74, 6) is 0. The number of fused-ring (bicyclic) bond motifs is 2. The minimum absolute atomic E-state index is 0. The highest BCUT2D eigenvalue weighted by atomic mass is 35.5. The van der Waals surface area contributed by atoms with Crippen LogP contribution in [0.3, 0.4) is 0 Å². The zero-order chi connectivity index (χ0) is 11.3. The molecule has 1 aliphatic rings. The first kappa shape index (κ1) is 12.7. The van der Waals surface area contributed by atoms with Crippen LogP contribution in [-0.4, -0.2) is 4.98 Å². The van der Waals surface area contributed by atoms with Crippen LogP contribution in [0.2, 0.25) is 10.0 Å². The Kier molecular flexibility index (Phi) is 3.39. The Morgan fingerprint density at radius 2 is 1.94 bits per heavy atom. The number of pyridine rings is 1. The van der Waals surface area contributed by atoms with E-state index in [4.69, 9.17) is 28.9 Å². The second kappa shape index (κ2) is 4.52. The van der Waals surface area contributed by atoms with Crippen molar-refractivity contribution in [3.63, 3.8) is 0 Å². The van der Waals surface area contributed by atoms with E-state index >= 15 is 0 Å². The minimum Gasteiger partial charge on any atom is -0.398 e. The lowest BCUT2D eigenvalue weighted by atomic mass is 10.1. The highest BCUT2D eigenvalue weighted by Crippen LogP contribution is 2.36. The van der Waals surface area contributed by atoms with Crippen LogP contribution in [0.1, 0.15) is 17.7 Å². The maximum absolute atomic E-state index is 6.15. The van der Waals surface area contributed by atoms with Gasteiger partial charge < -0.3 is 5.73 Å². The third-order valence-corrected chi connectivity index (χ3v) is 3.59. The molecule has 3 rings (SSSR count). The quantitative estimate of drug-likeness (QED) is 0.795. The second-order valence-corrected chi connectivity index (χ2v) is 4.93. The Morgan fingerprint density at radius 3 is 2.71 bits per heavy atom. The zero-order valence-corrected chi connectivity index (χ0v) is 11.3. The number of hydrogen-bond acceptors (Lipinski definition) is 2. The van der Waals surface area contributed by atoms with Crippen molar-refractivity contribution in [2.75, 3.05) is 5.73 Å². The number of aromatic nitrogens is 1. The molecule has 1 heterocycles. The summed E-state index contributed by atoms with van der Waals surface area (Å²) in [5, 5.41) is 2.05. The molecule has 17 heavy (non-hydrogen) atoms. The Hall–Kier alpha value is -0.700. The van der Waals surface area contributed by atoms with Crippen LogP contribution >= 0.6 is 35.6 Å². The zero-order valence-electron chi connectivity index (χ0n) is 8.96. The van der Waals surface area contributed by atoms with Crippen molar-refractivity contribution < 1.29 is 0 Å². The van der Waals surface area contributed by atoms with Crippen LogP contribution in [0.5, 0.6) is 0 Å². The van der Waals surface area contributed by atoms with Crippen molar-refractivity contribution >= 4 is 52.2 Å². The maximum Gasteiger partial charge on any atom is 0.0913 e. The number of nitrogens with zero attached hydrogens (tertiary/aromatic N) is 1. The van der Waals surface area contributed by atoms with Crippen molar-refractivity contribution in [3.8, 4) is 0 Å². The van der Waals surface area contributed by atoms with E-state index in [2.05, 4.69) is 4.98 Å². The summed E-state index contributed by atoms with van der Waals surface area (Å²) in [6.07, 6.45) is 3.12. The fraction of sp³-hybridized carbons (Fsp3) is 0.250. The van der Waals surface area contributed by atoms with Crippen LogP contribution in [-0.2, 0) is 12.8 Å². The molecule has 0 amide bonds. The molecule has 0 spiro atoms. The van der Waals surface area contributed by atoms with Gasteiger partial charge in [0.1, 0.15) is 0 Å². The average Bonchev–Trinajstić information content (AvgIpc) is 2.68. The monoisotopic (exact) mass is 288 g/mol. The van der Waals surface area contributed by atoms with Crippen LogP contribution in [0.15, 0.2) is 12.1 Å². The van der Waals surface area contributed by atoms with Crippen LogP contribution in [0, 0.1) is 0 Å². The van der Waals surface area contributed by atoms with Gasteiger partial charge in [-0.15, -0.1) is 12.4 Å². The van der Waals surface area contributed by atoms with Crippen molar-refractivity contribution in [1.29, 1.82) is 0 Å². The molecule has 90 valence electrons. The number of hydrogen-bond donors (Lipinski definition) is 1.